The number of aliphatic hydroxyl groups excluding tert-OH is 1. The monoisotopic (exact) mass is 416 g/mol. The van der Waals surface area contributed by atoms with Crippen LogP contribution in [0.25, 0.3) is 0 Å². The Balaban J connectivity index is 1.64. The van der Waals surface area contributed by atoms with Crippen LogP contribution in [-0.2, 0) is 20.8 Å². The molecule has 0 bridgehead atoms. The summed E-state index contributed by atoms with van der Waals surface area (Å²) in [6, 6.07) is 10.3. The molecular formula is C26H40O4. The highest BCUT2D eigenvalue weighted by molar-refractivity contribution is 5.13. The molecule has 1 aromatic carbocycles. The SMILES string of the molecule is CCCCCC#CC[C@H](O)[C@H]1OC(C)(C)O[C@@H]1CCCCCOCc1ccccc1. The molecule has 1 heterocycles. The van der Waals surface area contributed by atoms with Gasteiger partial charge in [-0.1, -0.05) is 62.9 Å². The molecule has 0 amide bonds. The van der Waals surface area contributed by atoms with Crippen molar-refractivity contribution in [1.82, 2.24) is 0 Å². The Morgan fingerprint density at radius 2 is 1.83 bits per heavy atom. The number of benzene rings is 1. The Bertz CT molecular complexity index is 631. The van der Waals surface area contributed by atoms with E-state index in [9.17, 15) is 5.11 Å². The first-order chi connectivity index (χ1) is 14.5. The zero-order valence-electron chi connectivity index (χ0n) is 19.1. The number of hydrogen-bond donors (Lipinski definition) is 1. The summed E-state index contributed by atoms with van der Waals surface area (Å²) in [7, 11) is 0. The predicted octanol–water partition coefficient (Wildman–Crippen LogP) is 5.62. The number of aliphatic hydroxyl groups is 1. The van der Waals surface area contributed by atoms with E-state index in [4.69, 9.17) is 14.2 Å². The molecule has 0 spiro atoms. The molecule has 0 aromatic heterocycles. The quantitative estimate of drug-likeness (QED) is 0.335. The van der Waals surface area contributed by atoms with Crippen LogP contribution in [0.15, 0.2) is 30.3 Å². The summed E-state index contributed by atoms with van der Waals surface area (Å²) < 4.78 is 17.8. The van der Waals surface area contributed by atoms with Gasteiger partial charge in [-0.05, 0) is 38.7 Å². The topological polar surface area (TPSA) is 47.9 Å². The Hall–Kier alpha value is -1.38. The maximum absolute atomic E-state index is 10.6. The molecule has 1 N–H and O–H groups in total. The van der Waals surface area contributed by atoms with Gasteiger partial charge in [0.1, 0.15) is 6.10 Å². The summed E-state index contributed by atoms with van der Waals surface area (Å²) in [6.07, 6.45) is 7.93. The van der Waals surface area contributed by atoms with E-state index < -0.39 is 11.9 Å². The molecule has 1 aromatic rings. The van der Waals surface area contributed by atoms with Crippen LogP contribution in [0.5, 0.6) is 0 Å². The lowest BCUT2D eigenvalue weighted by Crippen LogP contribution is -2.35. The van der Waals surface area contributed by atoms with Gasteiger partial charge in [-0.2, -0.15) is 0 Å². The first kappa shape index (κ1) is 24.9. The standard InChI is InChI=1S/C26H40O4/c1-4-5-6-7-8-13-18-23(27)25-24(29-26(2,3)30-25)19-14-10-15-20-28-21-22-16-11-9-12-17-22/h9,11-12,16-17,23-25,27H,4-7,10,14-15,18-21H2,1-3H3/t23-,24+,25+/m0/s1. The molecule has 1 fully saturated rings. The van der Waals surface area contributed by atoms with E-state index in [-0.39, 0.29) is 12.2 Å². The maximum Gasteiger partial charge on any atom is 0.163 e. The Morgan fingerprint density at radius 1 is 1.03 bits per heavy atom. The van der Waals surface area contributed by atoms with E-state index in [0.717, 1.165) is 45.1 Å². The summed E-state index contributed by atoms with van der Waals surface area (Å²) in [5.41, 5.74) is 1.21. The van der Waals surface area contributed by atoms with E-state index in [2.05, 4.69) is 30.9 Å². The average Bonchev–Trinajstić information content (AvgIpc) is 3.05. The summed E-state index contributed by atoms with van der Waals surface area (Å²) in [5.74, 6) is 5.65. The van der Waals surface area contributed by atoms with E-state index in [1.807, 2.05) is 32.0 Å². The molecule has 0 aliphatic carbocycles. The zero-order chi connectivity index (χ0) is 21.7. The largest absolute Gasteiger partial charge is 0.389 e. The van der Waals surface area contributed by atoms with E-state index in [1.165, 1.54) is 18.4 Å². The molecule has 30 heavy (non-hydrogen) atoms. The molecule has 0 radical (unpaired) electrons. The van der Waals surface area contributed by atoms with Gasteiger partial charge in [-0.25, -0.2) is 0 Å². The number of hydrogen-bond acceptors (Lipinski definition) is 4. The molecule has 1 aliphatic heterocycles. The molecule has 168 valence electrons. The lowest BCUT2D eigenvalue weighted by molar-refractivity contribution is -0.155. The molecular weight excluding hydrogens is 376 g/mol. The maximum atomic E-state index is 10.6. The fourth-order valence-electron chi connectivity index (χ4n) is 3.75. The predicted molar refractivity (Wildman–Crippen MR) is 121 cm³/mol. The minimum atomic E-state index is -0.649. The van der Waals surface area contributed by atoms with Gasteiger partial charge in [0.25, 0.3) is 0 Å². The van der Waals surface area contributed by atoms with Gasteiger partial charge in [0.2, 0.25) is 0 Å². The highest BCUT2D eigenvalue weighted by atomic mass is 16.8. The van der Waals surface area contributed by atoms with E-state index >= 15 is 0 Å². The molecule has 0 saturated carbocycles. The highest BCUT2D eigenvalue weighted by Gasteiger charge is 2.43. The van der Waals surface area contributed by atoms with Crippen LogP contribution < -0.4 is 0 Å². The van der Waals surface area contributed by atoms with Crippen molar-refractivity contribution in [3.05, 3.63) is 35.9 Å². The van der Waals surface area contributed by atoms with Gasteiger partial charge >= 0.3 is 0 Å². The lowest BCUT2D eigenvalue weighted by Gasteiger charge is -2.21. The molecule has 1 saturated heterocycles. The number of rotatable bonds is 13. The molecule has 4 heteroatoms. The third-order valence-corrected chi connectivity index (χ3v) is 5.33. The van der Waals surface area contributed by atoms with Gasteiger partial charge in [-0.3, -0.25) is 0 Å². The minimum absolute atomic E-state index is 0.0814. The van der Waals surface area contributed by atoms with Gasteiger partial charge in [0.05, 0.1) is 18.8 Å². The molecule has 2 rings (SSSR count). The fraction of sp³-hybridized carbons (Fsp3) is 0.692. The van der Waals surface area contributed by atoms with Crippen LogP contribution in [-0.4, -0.2) is 35.8 Å². The summed E-state index contributed by atoms with van der Waals surface area (Å²) in [4.78, 5) is 0. The molecule has 3 atom stereocenters. The van der Waals surface area contributed by atoms with Gasteiger partial charge in [-0.15, -0.1) is 11.8 Å². The Labute approximate surface area is 183 Å². The Kier molecular flexibility index (Phi) is 11.5. The second-order valence-electron chi connectivity index (χ2n) is 8.61. The van der Waals surface area contributed by atoms with Crippen LogP contribution in [0.1, 0.15) is 84.1 Å². The summed E-state index contributed by atoms with van der Waals surface area (Å²) in [5, 5.41) is 10.6. The highest BCUT2D eigenvalue weighted by Crippen LogP contribution is 2.33. The smallest absolute Gasteiger partial charge is 0.163 e. The summed E-state index contributed by atoms with van der Waals surface area (Å²) in [6.45, 7) is 7.46. The van der Waals surface area contributed by atoms with Crippen molar-refractivity contribution in [3.63, 3.8) is 0 Å². The lowest BCUT2D eigenvalue weighted by atomic mass is 10.00. The average molecular weight is 417 g/mol. The van der Waals surface area contributed by atoms with Gasteiger partial charge in [0, 0.05) is 19.4 Å². The van der Waals surface area contributed by atoms with Crippen molar-refractivity contribution in [2.24, 2.45) is 0 Å². The van der Waals surface area contributed by atoms with Gasteiger partial charge in [0.15, 0.2) is 5.79 Å². The Morgan fingerprint density at radius 3 is 2.60 bits per heavy atom. The molecule has 1 aliphatic rings. The van der Waals surface area contributed by atoms with Crippen LogP contribution in [0, 0.1) is 11.8 Å². The van der Waals surface area contributed by atoms with Crippen molar-refractivity contribution >= 4 is 0 Å². The first-order valence-corrected chi connectivity index (χ1v) is 11.6. The zero-order valence-corrected chi connectivity index (χ0v) is 19.1. The van der Waals surface area contributed by atoms with Crippen molar-refractivity contribution < 1.29 is 19.3 Å². The molecule has 4 nitrogen and oxygen atoms in total. The minimum Gasteiger partial charge on any atom is -0.389 e. The number of unbranched alkanes of at least 4 members (excludes halogenated alkanes) is 5. The van der Waals surface area contributed by atoms with Crippen LogP contribution >= 0.6 is 0 Å². The van der Waals surface area contributed by atoms with Crippen molar-refractivity contribution in [2.45, 2.75) is 109 Å². The van der Waals surface area contributed by atoms with Crippen molar-refractivity contribution in [2.75, 3.05) is 6.61 Å². The second kappa shape index (κ2) is 13.8. The van der Waals surface area contributed by atoms with Gasteiger partial charge < -0.3 is 19.3 Å². The summed E-state index contributed by atoms with van der Waals surface area (Å²) >= 11 is 0. The van der Waals surface area contributed by atoms with Crippen LogP contribution in [0.4, 0.5) is 0 Å². The molecule has 0 unspecified atom stereocenters. The van der Waals surface area contributed by atoms with E-state index in [0.29, 0.717) is 13.0 Å². The van der Waals surface area contributed by atoms with E-state index in [1.54, 1.807) is 0 Å². The van der Waals surface area contributed by atoms with Crippen molar-refractivity contribution in [1.29, 1.82) is 0 Å². The normalized spacial score (nSPS) is 21.2. The van der Waals surface area contributed by atoms with Crippen molar-refractivity contribution in [3.8, 4) is 11.8 Å². The second-order valence-corrected chi connectivity index (χ2v) is 8.61. The first-order valence-electron chi connectivity index (χ1n) is 11.6. The third-order valence-electron chi connectivity index (χ3n) is 5.33. The number of ether oxygens (including phenoxy) is 3. The van der Waals surface area contributed by atoms with Crippen LogP contribution in [0.2, 0.25) is 0 Å². The third kappa shape index (κ3) is 9.62. The fourth-order valence-corrected chi connectivity index (χ4v) is 3.75. The van der Waals surface area contributed by atoms with Crippen LogP contribution in [0.3, 0.4) is 0 Å².